The minimum Gasteiger partial charge on any atom is -0.493 e. The summed E-state index contributed by atoms with van der Waals surface area (Å²) in [5.74, 6) is 1.42. The summed E-state index contributed by atoms with van der Waals surface area (Å²) < 4.78 is 11.0. The summed E-state index contributed by atoms with van der Waals surface area (Å²) in [5.41, 5.74) is 3.35. The van der Waals surface area contributed by atoms with Crippen LogP contribution in [0.25, 0.3) is 11.3 Å². The summed E-state index contributed by atoms with van der Waals surface area (Å²) in [7, 11) is 0. The van der Waals surface area contributed by atoms with Crippen LogP contribution in [0.4, 0.5) is 0 Å². The molecular weight excluding hydrogens is 330 g/mol. The predicted molar refractivity (Wildman–Crippen MR) is 95.9 cm³/mol. The summed E-state index contributed by atoms with van der Waals surface area (Å²) in [6, 6.07) is 13.4. The molecule has 5 heteroatoms. The first-order valence-electron chi connectivity index (χ1n) is 8.62. The van der Waals surface area contributed by atoms with E-state index in [1.165, 1.54) is 6.39 Å². The van der Waals surface area contributed by atoms with Gasteiger partial charge in [0, 0.05) is 23.5 Å². The zero-order chi connectivity index (χ0) is 17.9. The van der Waals surface area contributed by atoms with Crippen LogP contribution in [0.3, 0.4) is 0 Å². The SMILES string of the molecule is O=C(Cc1ccc(-c2cnco2)c(CO)c1)C1CCOc2ccccc21. The molecule has 4 rings (SSSR count). The van der Waals surface area contributed by atoms with Crippen molar-refractivity contribution in [2.75, 3.05) is 6.61 Å². The number of nitrogens with zero attached hydrogens (tertiary/aromatic N) is 1. The number of aromatic nitrogens is 1. The van der Waals surface area contributed by atoms with E-state index in [1.807, 2.05) is 42.5 Å². The number of ether oxygens (including phenoxy) is 1. The molecule has 2 aromatic carbocycles. The normalized spacial score (nSPS) is 16.0. The monoisotopic (exact) mass is 349 g/mol. The van der Waals surface area contributed by atoms with Gasteiger partial charge in [-0.2, -0.15) is 0 Å². The lowest BCUT2D eigenvalue weighted by molar-refractivity contribution is -0.120. The molecule has 1 aliphatic heterocycles. The van der Waals surface area contributed by atoms with E-state index in [4.69, 9.17) is 9.15 Å². The average Bonchev–Trinajstić information content (AvgIpc) is 3.22. The Morgan fingerprint density at radius 3 is 2.92 bits per heavy atom. The maximum Gasteiger partial charge on any atom is 0.181 e. The average molecular weight is 349 g/mol. The van der Waals surface area contributed by atoms with Crippen molar-refractivity contribution < 1.29 is 19.1 Å². The lowest BCUT2D eigenvalue weighted by Crippen LogP contribution is -2.22. The van der Waals surface area contributed by atoms with Gasteiger partial charge in [-0.05, 0) is 23.6 Å². The molecule has 0 aliphatic carbocycles. The van der Waals surface area contributed by atoms with Crippen molar-refractivity contribution in [1.82, 2.24) is 4.98 Å². The van der Waals surface area contributed by atoms with E-state index in [0.717, 1.165) is 28.0 Å². The molecule has 26 heavy (non-hydrogen) atoms. The lowest BCUT2D eigenvalue weighted by atomic mass is 9.86. The molecule has 1 N–H and O–H groups in total. The number of Topliss-reactive ketones (excluding diaryl/α,β-unsaturated/α-hetero) is 1. The van der Waals surface area contributed by atoms with Crippen molar-refractivity contribution >= 4 is 5.78 Å². The van der Waals surface area contributed by atoms with Crippen LogP contribution in [0, 0.1) is 0 Å². The number of para-hydroxylation sites is 1. The highest BCUT2D eigenvalue weighted by atomic mass is 16.5. The van der Waals surface area contributed by atoms with Crippen molar-refractivity contribution in [3.63, 3.8) is 0 Å². The smallest absolute Gasteiger partial charge is 0.181 e. The Morgan fingerprint density at radius 1 is 1.23 bits per heavy atom. The Balaban J connectivity index is 1.57. The lowest BCUT2D eigenvalue weighted by Gasteiger charge is -2.25. The second-order valence-corrected chi connectivity index (χ2v) is 6.39. The molecule has 0 saturated heterocycles. The predicted octanol–water partition coefficient (Wildman–Crippen LogP) is 3.51. The van der Waals surface area contributed by atoms with Gasteiger partial charge >= 0.3 is 0 Å². The standard InChI is InChI=1S/C21H19NO4/c23-12-15-9-14(5-6-16(15)21-11-22-13-26-21)10-19(24)17-7-8-25-20-4-2-1-3-18(17)20/h1-6,9,11,13,17,23H,7-8,10,12H2. The van der Waals surface area contributed by atoms with Crippen molar-refractivity contribution in [3.05, 3.63) is 71.7 Å². The first-order chi connectivity index (χ1) is 12.8. The molecule has 1 aromatic heterocycles. The number of fused-ring (bicyclic) bond motifs is 1. The number of oxazole rings is 1. The topological polar surface area (TPSA) is 72.6 Å². The summed E-state index contributed by atoms with van der Waals surface area (Å²) in [6.45, 7) is 0.428. The van der Waals surface area contributed by atoms with Crippen LogP contribution in [0.5, 0.6) is 5.75 Å². The Labute approximate surface area is 151 Å². The van der Waals surface area contributed by atoms with E-state index in [0.29, 0.717) is 25.2 Å². The Bertz CT molecular complexity index is 918. The third-order valence-corrected chi connectivity index (χ3v) is 4.76. The summed E-state index contributed by atoms with van der Waals surface area (Å²) in [6.07, 6.45) is 3.98. The second-order valence-electron chi connectivity index (χ2n) is 6.39. The molecular formula is C21H19NO4. The van der Waals surface area contributed by atoms with Gasteiger partial charge in [0.1, 0.15) is 11.5 Å². The molecule has 0 saturated carbocycles. The van der Waals surface area contributed by atoms with Crippen molar-refractivity contribution in [3.8, 4) is 17.1 Å². The minimum atomic E-state index is -0.147. The van der Waals surface area contributed by atoms with Gasteiger partial charge in [0.2, 0.25) is 0 Å². The van der Waals surface area contributed by atoms with E-state index >= 15 is 0 Å². The highest BCUT2D eigenvalue weighted by molar-refractivity contribution is 5.88. The van der Waals surface area contributed by atoms with Gasteiger partial charge in [0.25, 0.3) is 0 Å². The van der Waals surface area contributed by atoms with Gasteiger partial charge in [0.05, 0.1) is 19.4 Å². The van der Waals surface area contributed by atoms with Gasteiger partial charge in [-0.15, -0.1) is 0 Å². The first-order valence-corrected chi connectivity index (χ1v) is 8.62. The summed E-state index contributed by atoms with van der Waals surface area (Å²) in [5, 5.41) is 9.69. The fourth-order valence-corrected chi connectivity index (χ4v) is 3.48. The number of carbonyl (C=O) groups is 1. The summed E-state index contributed by atoms with van der Waals surface area (Å²) >= 11 is 0. The second kappa shape index (κ2) is 7.14. The molecule has 0 radical (unpaired) electrons. The number of aliphatic hydroxyl groups excluding tert-OH is 1. The summed E-state index contributed by atoms with van der Waals surface area (Å²) in [4.78, 5) is 16.8. The van der Waals surface area contributed by atoms with Crippen LogP contribution in [-0.4, -0.2) is 22.5 Å². The molecule has 1 atom stereocenters. The van der Waals surface area contributed by atoms with E-state index < -0.39 is 0 Å². The number of carbonyl (C=O) groups excluding carboxylic acids is 1. The van der Waals surface area contributed by atoms with E-state index in [1.54, 1.807) is 6.20 Å². The number of benzene rings is 2. The highest BCUT2D eigenvalue weighted by Gasteiger charge is 2.27. The zero-order valence-corrected chi connectivity index (χ0v) is 14.2. The molecule has 3 aromatic rings. The van der Waals surface area contributed by atoms with Crippen LogP contribution >= 0.6 is 0 Å². The largest absolute Gasteiger partial charge is 0.493 e. The van der Waals surface area contributed by atoms with E-state index in [-0.39, 0.29) is 18.3 Å². The fraction of sp³-hybridized carbons (Fsp3) is 0.238. The van der Waals surface area contributed by atoms with Gasteiger partial charge in [-0.3, -0.25) is 4.79 Å². The van der Waals surface area contributed by atoms with Gasteiger partial charge in [-0.25, -0.2) is 4.98 Å². The number of hydrogen-bond donors (Lipinski definition) is 1. The molecule has 1 aliphatic rings. The van der Waals surface area contributed by atoms with Crippen LogP contribution in [0.1, 0.15) is 29.0 Å². The fourth-order valence-electron chi connectivity index (χ4n) is 3.48. The molecule has 2 heterocycles. The quantitative estimate of drug-likeness (QED) is 0.763. The maximum atomic E-state index is 12.9. The third-order valence-electron chi connectivity index (χ3n) is 4.76. The molecule has 0 fully saturated rings. The minimum absolute atomic E-state index is 0.127. The molecule has 0 spiro atoms. The van der Waals surface area contributed by atoms with Gasteiger partial charge in [-0.1, -0.05) is 36.4 Å². The highest BCUT2D eigenvalue weighted by Crippen LogP contribution is 2.35. The van der Waals surface area contributed by atoms with Crippen LogP contribution in [-0.2, 0) is 17.8 Å². The molecule has 0 bridgehead atoms. The van der Waals surface area contributed by atoms with Crippen molar-refractivity contribution in [1.29, 1.82) is 0 Å². The van der Waals surface area contributed by atoms with Crippen LogP contribution in [0.2, 0.25) is 0 Å². The van der Waals surface area contributed by atoms with Crippen LogP contribution < -0.4 is 4.74 Å². The van der Waals surface area contributed by atoms with Gasteiger partial charge < -0.3 is 14.3 Å². The zero-order valence-electron chi connectivity index (χ0n) is 14.2. The maximum absolute atomic E-state index is 12.9. The first kappa shape index (κ1) is 16.5. The number of hydrogen-bond acceptors (Lipinski definition) is 5. The molecule has 132 valence electrons. The molecule has 5 nitrogen and oxygen atoms in total. The van der Waals surface area contributed by atoms with E-state index in [9.17, 15) is 9.90 Å². The van der Waals surface area contributed by atoms with Crippen LogP contribution in [0.15, 0.2) is 59.5 Å². The van der Waals surface area contributed by atoms with E-state index in [2.05, 4.69) is 4.98 Å². The van der Waals surface area contributed by atoms with Crippen molar-refractivity contribution in [2.24, 2.45) is 0 Å². The molecule has 0 amide bonds. The number of aliphatic hydroxyl groups is 1. The Kier molecular flexibility index (Phi) is 4.54. The van der Waals surface area contributed by atoms with Gasteiger partial charge in [0.15, 0.2) is 12.2 Å². The molecule has 1 unspecified atom stereocenters. The number of ketones is 1. The number of rotatable bonds is 5. The third kappa shape index (κ3) is 3.13. The Morgan fingerprint density at radius 2 is 2.12 bits per heavy atom. The Hall–Kier alpha value is -2.92. The van der Waals surface area contributed by atoms with Crippen molar-refractivity contribution in [2.45, 2.75) is 25.4 Å².